The second kappa shape index (κ2) is 6.45. The fraction of sp³-hybridized carbons (Fsp3) is 0.875. The topological polar surface area (TPSA) is 88.1 Å². The van der Waals surface area contributed by atoms with E-state index in [1.165, 1.54) is 0 Å². The van der Waals surface area contributed by atoms with Gasteiger partial charge in [-0.05, 0) is 19.3 Å². The van der Waals surface area contributed by atoms with E-state index in [4.69, 9.17) is 0 Å². The molecule has 1 aliphatic carbocycles. The van der Waals surface area contributed by atoms with Crippen molar-refractivity contribution in [3.8, 4) is 0 Å². The number of hydrogen-bond acceptors (Lipinski definition) is 7. The molecule has 0 aromatic heterocycles. The van der Waals surface area contributed by atoms with Gasteiger partial charge >= 0.3 is 11.2 Å². The van der Waals surface area contributed by atoms with Crippen LogP contribution in [0, 0.1) is 0 Å². The van der Waals surface area contributed by atoms with Gasteiger partial charge in [0.05, 0.1) is 6.10 Å². The van der Waals surface area contributed by atoms with Gasteiger partial charge < -0.3 is 15.1 Å². The van der Waals surface area contributed by atoms with E-state index in [0.717, 1.165) is 6.42 Å². The van der Waals surface area contributed by atoms with Crippen LogP contribution in [0.25, 0.3) is 0 Å². The molecule has 2 atom stereocenters. The first-order valence-corrected chi connectivity index (χ1v) is 5.63. The zero-order valence-corrected chi connectivity index (χ0v) is 9.45. The number of rotatable bonds is 5. The van der Waals surface area contributed by atoms with E-state index in [1.54, 1.807) is 0 Å². The fourth-order valence-electron chi connectivity index (χ4n) is 1.51. The third-order valence-corrected chi connectivity index (χ3v) is 2.83. The number of hydrogen-bond donors (Lipinski definition) is 1. The molecule has 0 heterocycles. The van der Waals surface area contributed by atoms with Gasteiger partial charge in [-0.25, -0.2) is 4.79 Å². The molecule has 1 fully saturated rings. The molecule has 0 aromatic rings. The Bertz CT molecular complexity index is 264. The third-order valence-electron chi connectivity index (χ3n) is 2.33. The van der Waals surface area contributed by atoms with Crippen molar-refractivity contribution in [2.24, 2.45) is 0 Å². The lowest BCUT2D eigenvalue weighted by Crippen LogP contribution is -2.39. The average molecular weight is 273 g/mol. The molecule has 9 heteroatoms. The highest BCUT2D eigenvalue weighted by Gasteiger charge is 2.45. The van der Waals surface area contributed by atoms with Crippen molar-refractivity contribution in [3.63, 3.8) is 0 Å². The van der Waals surface area contributed by atoms with E-state index in [0.29, 0.717) is 19.3 Å². The van der Waals surface area contributed by atoms with Gasteiger partial charge in [-0.15, -0.1) is 0 Å². The molecule has 6 nitrogen and oxygen atoms in total. The number of aliphatic hydroxyl groups is 1. The number of halogens is 2. The van der Waals surface area contributed by atoms with Gasteiger partial charge in [0, 0.05) is 0 Å². The number of carbonyl (C=O) groups is 1. The number of aliphatic hydroxyl groups excluding tert-OH is 1. The van der Waals surface area contributed by atoms with Crippen molar-refractivity contribution in [2.45, 2.75) is 43.1 Å². The quantitative estimate of drug-likeness (QED) is 0.333. The van der Waals surface area contributed by atoms with Crippen LogP contribution in [-0.2, 0) is 18.9 Å². The maximum atomic E-state index is 12.9. The molecule has 2 unspecified atom stereocenters. The van der Waals surface area contributed by atoms with Gasteiger partial charge in [-0.3, -0.25) is 5.04 Å². The molecular weight excluding hydrogens is 262 g/mol. The van der Waals surface area contributed by atoms with Crippen LogP contribution in [0.1, 0.15) is 25.7 Å². The van der Waals surface area contributed by atoms with Crippen LogP contribution < -0.4 is 5.26 Å². The summed E-state index contributed by atoms with van der Waals surface area (Å²) in [6.45, 7) is 0. The minimum absolute atomic E-state index is 0.326. The number of alkyl halides is 2. The molecule has 17 heavy (non-hydrogen) atoms. The van der Waals surface area contributed by atoms with Gasteiger partial charge in [-0.2, -0.15) is 13.1 Å². The normalized spacial score (nSPS) is 25.6. The van der Waals surface area contributed by atoms with E-state index < -0.39 is 35.5 Å². The average Bonchev–Trinajstić information content (AvgIpc) is 2.29. The molecule has 0 bridgehead atoms. The summed E-state index contributed by atoms with van der Waals surface area (Å²) in [5, 5.41) is 17.5. The molecule has 1 aliphatic rings. The van der Waals surface area contributed by atoms with Crippen LogP contribution in [0.2, 0.25) is 0 Å². The predicted octanol–water partition coefficient (Wildman–Crippen LogP) is 0.298. The SMILES string of the molecule is O=C(OC1CCCCC1O)C(F)(F)SOO[O-]. The fourth-order valence-corrected chi connectivity index (χ4v) is 1.74. The van der Waals surface area contributed by atoms with Crippen molar-refractivity contribution < 1.29 is 38.0 Å². The zero-order chi connectivity index (χ0) is 12.9. The summed E-state index contributed by atoms with van der Waals surface area (Å²) in [7, 11) is 0. The molecule has 1 N–H and O–H groups in total. The summed E-state index contributed by atoms with van der Waals surface area (Å²) >= 11 is -0.748. The molecule has 0 aromatic carbocycles. The van der Waals surface area contributed by atoms with Gasteiger partial charge in [-0.1, -0.05) is 6.42 Å². The minimum atomic E-state index is -4.05. The van der Waals surface area contributed by atoms with Crippen LogP contribution in [0.5, 0.6) is 0 Å². The second-order valence-corrected chi connectivity index (χ2v) is 4.35. The highest BCUT2D eigenvalue weighted by molar-refractivity contribution is 7.96. The molecule has 0 aliphatic heterocycles. The first kappa shape index (κ1) is 14.6. The highest BCUT2D eigenvalue weighted by Crippen LogP contribution is 2.32. The van der Waals surface area contributed by atoms with Crippen LogP contribution in [-0.4, -0.2) is 28.5 Å². The Balaban J connectivity index is 2.46. The van der Waals surface area contributed by atoms with Crippen molar-refractivity contribution in [3.05, 3.63) is 0 Å². The first-order chi connectivity index (χ1) is 7.97. The summed E-state index contributed by atoms with van der Waals surface area (Å²) in [5.41, 5.74) is 0. The van der Waals surface area contributed by atoms with E-state index in [1.807, 2.05) is 0 Å². The summed E-state index contributed by atoms with van der Waals surface area (Å²) in [6.07, 6.45) is 0.284. The van der Waals surface area contributed by atoms with Crippen molar-refractivity contribution >= 4 is 18.0 Å². The Labute approximate surface area is 99.9 Å². The molecule has 1 rings (SSSR count). The number of carbonyl (C=O) groups excluding carboxylic acids is 1. The first-order valence-electron chi connectivity index (χ1n) is 4.88. The van der Waals surface area contributed by atoms with Crippen LogP contribution in [0.4, 0.5) is 8.78 Å². The maximum absolute atomic E-state index is 12.9. The largest absolute Gasteiger partial charge is 0.691 e. The molecule has 0 spiro atoms. The van der Waals surface area contributed by atoms with Gasteiger partial charge in [0.1, 0.15) is 18.1 Å². The zero-order valence-electron chi connectivity index (χ0n) is 8.64. The van der Waals surface area contributed by atoms with Crippen LogP contribution in [0.3, 0.4) is 0 Å². The van der Waals surface area contributed by atoms with Gasteiger partial charge in [0.15, 0.2) is 0 Å². The Hall–Kier alpha value is -0.480. The lowest BCUT2D eigenvalue weighted by molar-refractivity contribution is -0.777. The van der Waals surface area contributed by atoms with E-state index in [9.17, 15) is 23.9 Å². The Morgan fingerprint density at radius 2 is 2.06 bits per heavy atom. The Kier molecular flexibility index (Phi) is 5.53. The molecule has 100 valence electrons. The monoisotopic (exact) mass is 273 g/mol. The van der Waals surface area contributed by atoms with Crippen molar-refractivity contribution in [2.75, 3.05) is 0 Å². The molecule has 1 saturated carbocycles. The summed E-state index contributed by atoms with van der Waals surface area (Å²) in [6, 6.07) is 0. The molecular formula is C8H11F2O6S-. The second-order valence-electron chi connectivity index (χ2n) is 3.53. The molecule has 0 amide bonds. The minimum Gasteiger partial charge on any atom is -0.691 e. The Morgan fingerprint density at radius 1 is 1.41 bits per heavy atom. The summed E-state index contributed by atoms with van der Waals surface area (Å²) in [5.74, 6) is -1.87. The highest BCUT2D eigenvalue weighted by atomic mass is 32.2. The van der Waals surface area contributed by atoms with Gasteiger partial charge in [0.25, 0.3) is 0 Å². The maximum Gasteiger partial charge on any atom is 0.415 e. The molecule has 0 radical (unpaired) electrons. The summed E-state index contributed by atoms with van der Waals surface area (Å²) < 4.78 is 33.7. The van der Waals surface area contributed by atoms with Crippen molar-refractivity contribution in [1.82, 2.24) is 0 Å². The van der Waals surface area contributed by atoms with E-state index in [2.05, 4.69) is 14.1 Å². The predicted molar refractivity (Wildman–Crippen MR) is 49.1 cm³/mol. The van der Waals surface area contributed by atoms with Crippen molar-refractivity contribution in [1.29, 1.82) is 0 Å². The van der Waals surface area contributed by atoms with Crippen LogP contribution >= 0.6 is 12.0 Å². The lowest BCUT2D eigenvalue weighted by Gasteiger charge is -2.28. The Morgan fingerprint density at radius 3 is 2.65 bits per heavy atom. The number of ether oxygens (including phenoxy) is 1. The smallest absolute Gasteiger partial charge is 0.415 e. The number of esters is 1. The van der Waals surface area contributed by atoms with Crippen LogP contribution in [0.15, 0.2) is 0 Å². The van der Waals surface area contributed by atoms with E-state index >= 15 is 0 Å². The lowest BCUT2D eigenvalue weighted by atomic mass is 9.95. The third kappa shape index (κ3) is 4.36. The summed E-state index contributed by atoms with van der Waals surface area (Å²) in [4.78, 5) is 11.0. The van der Waals surface area contributed by atoms with Gasteiger partial charge in [0.2, 0.25) is 0 Å². The molecule has 0 saturated heterocycles. The van der Waals surface area contributed by atoms with E-state index in [-0.39, 0.29) is 0 Å². The standard InChI is InChI=1S/C8H12F2O6S/c9-8(10,17-16-15-13)7(12)14-6-4-2-1-3-5(6)11/h5-6,11,13H,1-4H2/p-1.